The molecule has 1 aliphatic carbocycles. The molecule has 0 spiro atoms. The van der Waals surface area contributed by atoms with Crippen LogP contribution < -0.4 is 25.9 Å². The molecule has 6 aromatic rings. The highest BCUT2D eigenvalue weighted by Crippen LogP contribution is 2.37. The number of unbranched alkanes of at least 4 members (excludes halogenated alkanes) is 1. The van der Waals surface area contributed by atoms with Crippen molar-refractivity contribution in [2.75, 3.05) is 37.0 Å². The summed E-state index contributed by atoms with van der Waals surface area (Å²) in [5.74, 6) is 0.795. The zero-order chi connectivity index (χ0) is 39.1. The Morgan fingerprint density at radius 2 is 1.62 bits per heavy atom. The first-order valence-corrected chi connectivity index (χ1v) is 21.8. The molecule has 56 heavy (non-hydrogen) atoms. The number of nitrogens with zero attached hydrogens (tertiary/aromatic N) is 6. The number of amides is 1. The van der Waals surface area contributed by atoms with Gasteiger partial charge >= 0.3 is 6.09 Å². The first kappa shape index (κ1) is 39.1. The minimum Gasteiger partial charge on any atom is -0.453 e. The van der Waals surface area contributed by atoms with Crippen molar-refractivity contribution in [3.05, 3.63) is 108 Å². The Balaban J connectivity index is 1.23. The fourth-order valence-corrected chi connectivity index (χ4v) is 12.4. The largest absolute Gasteiger partial charge is 0.453 e. The maximum Gasteiger partial charge on any atom is 0.413 e. The molecule has 3 heterocycles. The van der Waals surface area contributed by atoms with Crippen molar-refractivity contribution >= 4 is 58.5 Å². The van der Waals surface area contributed by atoms with Gasteiger partial charge in [-0.05, 0) is 51.9 Å². The quantitative estimate of drug-likeness (QED) is 0.0970. The number of hydrogen-bond donors (Lipinski definition) is 2. The van der Waals surface area contributed by atoms with Gasteiger partial charge in [0.1, 0.15) is 5.52 Å². The molecule has 3 aromatic carbocycles. The van der Waals surface area contributed by atoms with Crippen LogP contribution >= 0.6 is 0 Å². The lowest BCUT2D eigenvalue weighted by atomic mass is 9.93. The molecule has 2 N–H and O–H groups in total. The molecule has 11 nitrogen and oxygen atoms in total. The molecular formula is C44H54N8O3Si. The summed E-state index contributed by atoms with van der Waals surface area (Å²) in [6.45, 7) is 12.1. The molecule has 292 valence electrons. The third-order valence-electron chi connectivity index (χ3n) is 10.9. The normalized spacial score (nSPS) is 13.5. The van der Waals surface area contributed by atoms with E-state index in [1.165, 1.54) is 42.3 Å². The number of methoxy groups -OCH3 is 1. The van der Waals surface area contributed by atoms with Crippen molar-refractivity contribution in [1.82, 2.24) is 30.0 Å². The Hall–Kier alpha value is -5.17. The summed E-state index contributed by atoms with van der Waals surface area (Å²) >= 11 is 0. The van der Waals surface area contributed by atoms with Gasteiger partial charge in [0.25, 0.3) is 8.32 Å². The highest BCUT2D eigenvalue weighted by Gasteiger charge is 2.50. The van der Waals surface area contributed by atoms with Gasteiger partial charge in [-0.1, -0.05) is 119 Å². The Labute approximate surface area is 331 Å². The number of benzene rings is 3. The number of ether oxygens (including phenoxy) is 1. The van der Waals surface area contributed by atoms with Gasteiger partial charge in [0.15, 0.2) is 11.3 Å². The molecule has 0 saturated heterocycles. The molecule has 0 unspecified atom stereocenters. The zero-order valence-corrected chi connectivity index (χ0v) is 34.3. The van der Waals surface area contributed by atoms with Gasteiger partial charge in [0.05, 0.1) is 32.0 Å². The lowest BCUT2D eigenvalue weighted by Gasteiger charge is -2.43. The summed E-state index contributed by atoms with van der Waals surface area (Å²) in [6, 6.07) is 30.5. The van der Waals surface area contributed by atoms with Crippen LogP contribution in [0.25, 0.3) is 21.9 Å². The Bertz CT molecular complexity index is 2200. The lowest BCUT2D eigenvalue weighted by molar-refractivity contribution is 0.186. The van der Waals surface area contributed by atoms with E-state index in [1.807, 2.05) is 23.1 Å². The van der Waals surface area contributed by atoms with Gasteiger partial charge in [-0.2, -0.15) is 10.1 Å². The molecule has 1 amide bonds. The third kappa shape index (κ3) is 8.33. The summed E-state index contributed by atoms with van der Waals surface area (Å²) < 4.78 is 14.2. The molecular weight excluding hydrogens is 717 g/mol. The fraction of sp³-hybridized carbons (Fsp3) is 0.386. The molecule has 0 bridgehead atoms. The van der Waals surface area contributed by atoms with Crippen LogP contribution in [0.2, 0.25) is 5.04 Å². The molecule has 0 atom stereocenters. The number of rotatable bonds is 16. The van der Waals surface area contributed by atoms with Crippen molar-refractivity contribution in [1.29, 1.82) is 0 Å². The second-order valence-electron chi connectivity index (χ2n) is 15.7. The SMILES string of the molecule is CCCCN(CCO[Si](c1ccccc1)(c1ccccc1)C(C)(C)C)c1nc(NC(=O)OC)nc2cn(Cc3ccc(CNC4CCC4)c4cccnc34)nc12. The van der Waals surface area contributed by atoms with Crippen LogP contribution in [0.3, 0.4) is 0 Å². The smallest absolute Gasteiger partial charge is 0.413 e. The summed E-state index contributed by atoms with van der Waals surface area (Å²) in [4.78, 5) is 29.1. The van der Waals surface area contributed by atoms with E-state index in [0.29, 0.717) is 42.6 Å². The van der Waals surface area contributed by atoms with Crippen LogP contribution in [0.1, 0.15) is 70.9 Å². The van der Waals surface area contributed by atoms with Gasteiger partial charge < -0.3 is 19.4 Å². The van der Waals surface area contributed by atoms with Crippen molar-refractivity contribution in [3.8, 4) is 0 Å². The average Bonchev–Trinajstić information content (AvgIpc) is 3.60. The standard InChI is InChI=1S/C44H54N8O3Si/c1-6-7-26-51(27-28-55-56(44(2,3)4,35-18-10-8-11-19-35)36-20-12-9-13-21-36)41-40-38(47-42(48-41)49-43(53)54-5)31-52(50-40)30-33-24-23-32(29-46-34-16-14-17-34)37-22-15-25-45-39(33)37/h8-13,15,18-25,31,34,46H,6-7,14,16-17,26-30H2,1-5H3,(H,47,49,53). The molecule has 1 fully saturated rings. The minimum atomic E-state index is -2.78. The van der Waals surface area contributed by atoms with Gasteiger partial charge in [0.2, 0.25) is 5.95 Å². The molecule has 1 saturated carbocycles. The van der Waals surface area contributed by atoms with Gasteiger partial charge in [-0.25, -0.2) is 9.78 Å². The van der Waals surface area contributed by atoms with Crippen LogP contribution in [0.15, 0.2) is 97.3 Å². The topological polar surface area (TPSA) is 119 Å². The number of nitrogens with one attached hydrogen (secondary N) is 2. The maximum absolute atomic E-state index is 12.4. The van der Waals surface area contributed by atoms with Crippen molar-refractivity contribution in [3.63, 3.8) is 0 Å². The van der Waals surface area contributed by atoms with E-state index in [-0.39, 0.29) is 11.0 Å². The average molecular weight is 771 g/mol. The van der Waals surface area contributed by atoms with E-state index in [4.69, 9.17) is 29.2 Å². The van der Waals surface area contributed by atoms with Crippen molar-refractivity contribution in [2.24, 2.45) is 0 Å². The summed E-state index contributed by atoms with van der Waals surface area (Å²) in [5, 5.41) is 15.0. The summed E-state index contributed by atoms with van der Waals surface area (Å²) in [5.41, 5.74) is 4.54. The number of anilines is 2. The van der Waals surface area contributed by atoms with Gasteiger partial charge in [-0.3, -0.25) is 15.0 Å². The Morgan fingerprint density at radius 1 is 0.911 bits per heavy atom. The van der Waals surface area contributed by atoms with Crippen LogP contribution in [0, 0.1) is 0 Å². The molecule has 0 radical (unpaired) electrons. The first-order valence-electron chi connectivity index (χ1n) is 19.9. The number of fused-ring (bicyclic) bond motifs is 2. The molecule has 12 heteroatoms. The van der Waals surface area contributed by atoms with E-state index in [2.05, 4.69) is 122 Å². The van der Waals surface area contributed by atoms with Crippen LogP contribution in [-0.2, 0) is 22.3 Å². The molecule has 7 rings (SSSR count). The second kappa shape index (κ2) is 17.3. The Morgan fingerprint density at radius 3 is 2.27 bits per heavy atom. The van der Waals surface area contributed by atoms with Gasteiger partial charge in [-0.15, -0.1) is 0 Å². The third-order valence-corrected chi connectivity index (χ3v) is 16.0. The number of carbonyl (C=O) groups is 1. The number of aromatic nitrogens is 5. The number of hydrogen-bond acceptors (Lipinski definition) is 9. The van der Waals surface area contributed by atoms with Crippen LogP contribution in [0.5, 0.6) is 0 Å². The second-order valence-corrected chi connectivity index (χ2v) is 20.0. The molecule has 0 aliphatic heterocycles. The van der Waals surface area contributed by atoms with Crippen molar-refractivity contribution in [2.45, 2.75) is 84.0 Å². The fourth-order valence-electron chi connectivity index (χ4n) is 7.80. The zero-order valence-electron chi connectivity index (χ0n) is 33.3. The van der Waals surface area contributed by atoms with Crippen LogP contribution in [-0.4, -0.2) is 72.0 Å². The van der Waals surface area contributed by atoms with Gasteiger partial charge in [0, 0.05) is 37.3 Å². The first-order chi connectivity index (χ1) is 27.2. The molecule has 3 aromatic heterocycles. The van der Waals surface area contributed by atoms with E-state index in [1.54, 1.807) is 0 Å². The van der Waals surface area contributed by atoms with Crippen LogP contribution in [0.4, 0.5) is 16.6 Å². The van der Waals surface area contributed by atoms with E-state index in [9.17, 15) is 4.79 Å². The monoisotopic (exact) mass is 770 g/mol. The predicted molar refractivity (Wildman–Crippen MR) is 227 cm³/mol. The van der Waals surface area contributed by atoms with Crippen molar-refractivity contribution < 1.29 is 14.0 Å². The lowest BCUT2D eigenvalue weighted by Crippen LogP contribution is -2.67. The van der Waals surface area contributed by atoms with E-state index in [0.717, 1.165) is 42.4 Å². The summed E-state index contributed by atoms with van der Waals surface area (Å²) in [6.07, 6.45) is 8.85. The Kier molecular flexibility index (Phi) is 12.1. The molecule has 1 aliphatic rings. The summed E-state index contributed by atoms with van der Waals surface area (Å²) in [7, 11) is -1.45. The number of pyridine rings is 1. The number of carbonyl (C=O) groups excluding carboxylic acids is 1. The highest BCUT2D eigenvalue weighted by molar-refractivity contribution is 6.99. The maximum atomic E-state index is 12.4. The van der Waals surface area contributed by atoms with E-state index >= 15 is 0 Å². The van der Waals surface area contributed by atoms with E-state index < -0.39 is 14.4 Å². The predicted octanol–water partition coefficient (Wildman–Crippen LogP) is 7.43. The highest BCUT2D eigenvalue weighted by atomic mass is 28.4. The minimum absolute atomic E-state index is 0.156.